The second kappa shape index (κ2) is 6.43. The van der Waals surface area contributed by atoms with Crippen molar-refractivity contribution in [1.82, 2.24) is 9.88 Å². The monoisotopic (exact) mass is 355 g/mol. The minimum Gasteiger partial charge on any atom is -0.378 e. The summed E-state index contributed by atoms with van der Waals surface area (Å²) in [6.07, 6.45) is 3.91. The number of anilines is 2. The van der Waals surface area contributed by atoms with Gasteiger partial charge in [0, 0.05) is 35.1 Å². The first-order chi connectivity index (χ1) is 12.1. The van der Waals surface area contributed by atoms with E-state index in [0.717, 1.165) is 22.8 Å². The summed E-state index contributed by atoms with van der Waals surface area (Å²) >= 11 is 6.00. The highest BCUT2D eigenvalue weighted by atomic mass is 35.5. The summed E-state index contributed by atoms with van der Waals surface area (Å²) in [6.45, 7) is 6.51. The Hall–Kier alpha value is -2.50. The van der Waals surface area contributed by atoms with Crippen LogP contribution >= 0.6 is 11.6 Å². The van der Waals surface area contributed by atoms with E-state index in [-0.39, 0.29) is 5.91 Å². The Bertz CT molecular complexity index is 848. The Balaban J connectivity index is 1.69. The summed E-state index contributed by atoms with van der Waals surface area (Å²) in [6, 6.07) is 9.43. The molecular formula is C19H18ClN3O2. The number of allylic oxidation sites excluding steroid dienone is 1. The first-order valence-electron chi connectivity index (χ1n) is 8.16. The van der Waals surface area contributed by atoms with E-state index in [0.29, 0.717) is 37.0 Å². The molecule has 1 amide bonds. The number of hydrogen-bond acceptors (Lipinski definition) is 3. The predicted octanol–water partition coefficient (Wildman–Crippen LogP) is 3.82. The van der Waals surface area contributed by atoms with Gasteiger partial charge in [-0.2, -0.15) is 0 Å². The molecule has 1 aromatic carbocycles. The fraction of sp³-hybridized carbons (Fsp3) is 0.211. The molecule has 0 saturated carbocycles. The SMILES string of the molecule is C=C1C=Cc2cc(C(=O)N3CCOCC3)[nH]c2N1c1ccc(Cl)cc1. The van der Waals surface area contributed by atoms with Crippen LogP contribution < -0.4 is 4.90 Å². The normalized spacial score (nSPS) is 16.9. The summed E-state index contributed by atoms with van der Waals surface area (Å²) in [4.78, 5) is 19.8. The van der Waals surface area contributed by atoms with Gasteiger partial charge in [0.05, 0.1) is 13.2 Å². The van der Waals surface area contributed by atoms with Crippen molar-refractivity contribution in [2.75, 3.05) is 31.2 Å². The lowest BCUT2D eigenvalue weighted by atomic mass is 10.1. The van der Waals surface area contributed by atoms with Crippen LogP contribution in [-0.2, 0) is 4.74 Å². The molecule has 1 N–H and O–H groups in total. The molecule has 0 radical (unpaired) electrons. The molecule has 128 valence electrons. The smallest absolute Gasteiger partial charge is 0.270 e. The maximum absolute atomic E-state index is 12.7. The number of amides is 1. The number of carbonyl (C=O) groups is 1. The molecule has 4 rings (SSSR count). The van der Waals surface area contributed by atoms with Crippen molar-refractivity contribution < 1.29 is 9.53 Å². The van der Waals surface area contributed by atoms with E-state index in [1.807, 2.05) is 52.3 Å². The van der Waals surface area contributed by atoms with Gasteiger partial charge in [0.15, 0.2) is 0 Å². The van der Waals surface area contributed by atoms with Gasteiger partial charge in [0.1, 0.15) is 11.5 Å². The number of H-pyrrole nitrogens is 1. The minimum atomic E-state index is -0.00670. The molecule has 2 aliphatic heterocycles. The van der Waals surface area contributed by atoms with Crippen LogP contribution in [0.4, 0.5) is 11.5 Å². The number of morpholine rings is 1. The Morgan fingerprint density at radius 2 is 1.88 bits per heavy atom. The lowest BCUT2D eigenvalue weighted by Crippen LogP contribution is -2.40. The van der Waals surface area contributed by atoms with Gasteiger partial charge in [-0.1, -0.05) is 18.2 Å². The van der Waals surface area contributed by atoms with E-state index in [1.165, 1.54) is 0 Å². The summed E-state index contributed by atoms with van der Waals surface area (Å²) in [5, 5.41) is 0.678. The van der Waals surface area contributed by atoms with E-state index in [4.69, 9.17) is 16.3 Å². The highest BCUT2D eigenvalue weighted by Crippen LogP contribution is 2.37. The maximum atomic E-state index is 12.7. The number of fused-ring (bicyclic) bond motifs is 1. The van der Waals surface area contributed by atoms with Crippen LogP contribution in [0, 0.1) is 0 Å². The van der Waals surface area contributed by atoms with Gasteiger partial charge >= 0.3 is 0 Å². The zero-order valence-electron chi connectivity index (χ0n) is 13.7. The third kappa shape index (κ3) is 2.97. The first-order valence-corrected chi connectivity index (χ1v) is 8.54. The van der Waals surface area contributed by atoms with Crippen LogP contribution in [0.3, 0.4) is 0 Å². The third-order valence-corrected chi connectivity index (χ3v) is 4.66. The lowest BCUT2D eigenvalue weighted by molar-refractivity contribution is 0.0299. The molecule has 25 heavy (non-hydrogen) atoms. The average Bonchev–Trinajstić information content (AvgIpc) is 3.07. The second-order valence-corrected chi connectivity index (χ2v) is 6.46. The molecule has 1 saturated heterocycles. The number of aromatic amines is 1. The topological polar surface area (TPSA) is 48.6 Å². The van der Waals surface area contributed by atoms with Gasteiger partial charge in [-0.15, -0.1) is 0 Å². The fourth-order valence-electron chi connectivity index (χ4n) is 3.11. The molecule has 2 aliphatic rings. The molecule has 6 heteroatoms. The minimum absolute atomic E-state index is 0.00670. The van der Waals surface area contributed by atoms with Crippen molar-refractivity contribution in [3.63, 3.8) is 0 Å². The molecule has 2 aromatic rings. The van der Waals surface area contributed by atoms with Crippen molar-refractivity contribution in [2.45, 2.75) is 0 Å². The average molecular weight is 356 g/mol. The van der Waals surface area contributed by atoms with Crippen LogP contribution in [0.1, 0.15) is 16.1 Å². The Kier molecular flexibility index (Phi) is 4.11. The molecule has 0 aliphatic carbocycles. The standard InChI is InChI=1S/C19H18ClN3O2/c1-13-2-3-14-12-17(19(24)22-8-10-25-11-9-22)21-18(14)23(13)16-6-4-15(20)5-7-16/h2-7,12,21H,1,8-11H2. The van der Waals surface area contributed by atoms with Crippen molar-refractivity contribution in [3.8, 4) is 0 Å². The number of nitrogens with one attached hydrogen (secondary N) is 1. The van der Waals surface area contributed by atoms with E-state index in [9.17, 15) is 4.79 Å². The third-order valence-electron chi connectivity index (χ3n) is 4.41. The van der Waals surface area contributed by atoms with Crippen LogP contribution in [0.15, 0.2) is 48.7 Å². The number of rotatable bonds is 2. The summed E-state index contributed by atoms with van der Waals surface area (Å²) in [7, 11) is 0. The van der Waals surface area contributed by atoms with Gasteiger partial charge in [-0.3, -0.25) is 9.69 Å². The van der Waals surface area contributed by atoms with Crippen molar-refractivity contribution in [1.29, 1.82) is 0 Å². The van der Waals surface area contributed by atoms with Crippen molar-refractivity contribution >= 4 is 35.1 Å². The molecule has 1 fully saturated rings. The fourth-order valence-corrected chi connectivity index (χ4v) is 3.24. The number of carbonyl (C=O) groups excluding carboxylic acids is 1. The van der Waals surface area contributed by atoms with E-state index in [2.05, 4.69) is 11.6 Å². The molecule has 0 unspecified atom stereocenters. The molecule has 0 spiro atoms. The number of ether oxygens (including phenoxy) is 1. The summed E-state index contributed by atoms with van der Waals surface area (Å²) < 4.78 is 5.32. The maximum Gasteiger partial charge on any atom is 0.270 e. The van der Waals surface area contributed by atoms with Gasteiger partial charge in [-0.25, -0.2) is 0 Å². The quantitative estimate of drug-likeness (QED) is 0.890. The van der Waals surface area contributed by atoms with E-state index < -0.39 is 0 Å². The number of benzene rings is 1. The number of hydrogen-bond donors (Lipinski definition) is 1. The van der Waals surface area contributed by atoms with Crippen molar-refractivity contribution in [3.05, 3.63) is 65.0 Å². The molecular weight excluding hydrogens is 338 g/mol. The van der Waals surface area contributed by atoms with Gasteiger partial charge in [0.2, 0.25) is 0 Å². The number of nitrogens with zero attached hydrogens (tertiary/aromatic N) is 2. The van der Waals surface area contributed by atoms with Gasteiger partial charge in [0.25, 0.3) is 5.91 Å². The first kappa shape index (κ1) is 16.0. The van der Waals surface area contributed by atoms with Gasteiger partial charge in [-0.05, 0) is 42.5 Å². The van der Waals surface area contributed by atoms with Crippen LogP contribution in [0.5, 0.6) is 0 Å². The number of halogens is 1. The lowest BCUT2D eigenvalue weighted by Gasteiger charge is -2.28. The molecule has 0 bridgehead atoms. The Morgan fingerprint density at radius 1 is 1.16 bits per heavy atom. The highest BCUT2D eigenvalue weighted by Gasteiger charge is 2.25. The summed E-state index contributed by atoms with van der Waals surface area (Å²) in [5.41, 5.74) is 3.29. The van der Waals surface area contributed by atoms with Crippen LogP contribution in [0.2, 0.25) is 5.02 Å². The number of aromatic nitrogens is 1. The summed E-state index contributed by atoms with van der Waals surface area (Å²) in [5.74, 6) is 0.833. The second-order valence-electron chi connectivity index (χ2n) is 6.03. The van der Waals surface area contributed by atoms with Crippen LogP contribution in [0.25, 0.3) is 6.08 Å². The molecule has 0 atom stereocenters. The van der Waals surface area contributed by atoms with Crippen LogP contribution in [-0.4, -0.2) is 42.1 Å². The zero-order valence-corrected chi connectivity index (χ0v) is 14.4. The molecule has 3 heterocycles. The van der Waals surface area contributed by atoms with E-state index in [1.54, 1.807) is 0 Å². The Labute approximate surface area is 151 Å². The van der Waals surface area contributed by atoms with E-state index >= 15 is 0 Å². The molecule has 1 aromatic heterocycles. The Morgan fingerprint density at radius 3 is 2.60 bits per heavy atom. The van der Waals surface area contributed by atoms with Gasteiger partial charge < -0.3 is 14.6 Å². The highest BCUT2D eigenvalue weighted by molar-refractivity contribution is 6.30. The predicted molar refractivity (Wildman–Crippen MR) is 99.3 cm³/mol. The molecule has 5 nitrogen and oxygen atoms in total. The zero-order chi connectivity index (χ0) is 17.4. The van der Waals surface area contributed by atoms with Crippen molar-refractivity contribution in [2.24, 2.45) is 0 Å². The largest absolute Gasteiger partial charge is 0.378 e.